The van der Waals surface area contributed by atoms with Crippen LogP contribution in [0, 0.1) is 0 Å². The first-order chi connectivity index (χ1) is 8.68. The van der Waals surface area contributed by atoms with Crippen molar-refractivity contribution in [1.29, 1.82) is 0 Å². The summed E-state index contributed by atoms with van der Waals surface area (Å²) in [7, 11) is 0. The van der Waals surface area contributed by atoms with Crippen molar-refractivity contribution in [2.45, 2.75) is 6.92 Å². The lowest BCUT2D eigenvalue weighted by Crippen LogP contribution is -2.36. The van der Waals surface area contributed by atoms with Gasteiger partial charge in [-0.3, -0.25) is 10.2 Å². The van der Waals surface area contributed by atoms with Gasteiger partial charge in [0.1, 0.15) is 0 Å². The first-order valence-corrected chi connectivity index (χ1v) is 5.93. The fourth-order valence-corrected chi connectivity index (χ4v) is 1.78. The lowest BCUT2D eigenvalue weighted by atomic mass is 10.2. The Kier molecular flexibility index (Phi) is 3.85. The highest BCUT2D eigenvalue weighted by Crippen LogP contribution is 2.14. The molecule has 0 radical (unpaired) electrons. The van der Waals surface area contributed by atoms with Crippen LogP contribution in [0.2, 0.25) is 5.02 Å². The molecule has 3 nitrogen and oxygen atoms in total. The van der Waals surface area contributed by atoms with Gasteiger partial charge < -0.3 is 5.43 Å². The molecule has 0 aliphatic heterocycles. The second-order valence-electron chi connectivity index (χ2n) is 3.86. The predicted molar refractivity (Wildman–Crippen MR) is 73.0 cm³/mol. The Balaban J connectivity index is 2.01. The number of carbonyl (C=O) groups excluding carboxylic acids is 1. The highest BCUT2D eigenvalue weighted by atomic mass is 35.5. The van der Waals surface area contributed by atoms with Crippen LogP contribution in [0.5, 0.6) is 0 Å². The minimum atomic E-state index is -0.258. The summed E-state index contributed by atoms with van der Waals surface area (Å²) in [6.45, 7) is 1.89. The lowest BCUT2D eigenvalue weighted by Gasteiger charge is -2.10. The van der Waals surface area contributed by atoms with Gasteiger partial charge in [-0.2, -0.15) is 0 Å². The number of carbonyl (C=O) groups is 1. The number of hydrogen-bond donors (Lipinski definition) is 2. The van der Waals surface area contributed by atoms with E-state index in [4.69, 9.17) is 11.6 Å². The van der Waals surface area contributed by atoms with Crippen molar-refractivity contribution < 1.29 is 4.79 Å². The molecule has 0 heterocycles. The van der Waals surface area contributed by atoms with Crippen LogP contribution in [0.25, 0.3) is 0 Å². The Morgan fingerprint density at radius 1 is 1.11 bits per heavy atom. The Morgan fingerprint density at radius 2 is 1.78 bits per heavy atom. The van der Waals surface area contributed by atoms with E-state index in [0.717, 1.165) is 11.3 Å². The number of hydrazine groups is 1. The fourth-order valence-electron chi connectivity index (χ4n) is 1.56. The maximum Gasteiger partial charge on any atom is 0.271 e. The molecular formula is C14H13ClN2O. The summed E-state index contributed by atoms with van der Waals surface area (Å²) < 4.78 is 0. The molecule has 0 unspecified atom stereocenters. The molecule has 0 aromatic heterocycles. The third kappa shape index (κ3) is 2.81. The summed E-state index contributed by atoms with van der Waals surface area (Å²) in [5.41, 5.74) is 7.84. The van der Waals surface area contributed by atoms with Gasteiger partial charge in [-0.15, -0.1) is 0 Å². The van der Waals surface area contributed by atoms with E-state index in [0.29, 0.717) is 10.6 Å². The second kappa shape index (κ2) is 5.56. The van der Waals surface area contributed by atoms with Crippen molar-refractivity contribution in [3.05, 3.63) is 70.4 Å². The normalized spacial score (nSPS) is 12.7. The van der Waals surface area contributed by atoms with E-state index < -0.39 is 0 Å². The quantitative estimate of drug-likeness (QED) is 0.821. The number of nitrogens with one attached hydrogen (secondary N) is 2. The Hall–Kier alpha value is -2.00. The minimum absolute atomic E-state index is 0.258. The molecule has 0 saturated heterocycles. The third-order valence-corrected chi connectivity index (χ3v) is 2.91. The molecule has 2 rings (SSSR count). The van der Waals surface area contributed by atoms with Gasteiger partial charge in [-0.25, -0.2) is 0 Å². The zero-order valence-electron chi connectivity index (χ0n) is 9.91. The van der Waals surface area contributed by atoms with Crippen LogP contribution in [0.1, 0.15) is 17.3 Å². The first kappa shape index (κ1) is 12.5. The summed E-state index contributed by atoms with van der Waals surface area (Å²) >= 11 is 5.94. The van der Waals surface area contributed by atoms with Gasteiger partial charge in [0.15, 0.2) is 0 Å². The number of halogens is 1. The predicted octanol–water partition coefficient (Wildman–Crippen LogP) is 2.97. The smallest absolute Gasteiger partial charge is 0.271 e. The largest absolute Gasteiger partial charge is 0.302 e. The average Bonchev–Trinajstić information content (AvgIpc) is 2.90. The Bertz CT molecular complexity index is 545. The van der Waals surface area contributed by atoms with Crippen molar-refractivity contribution in [2.24, 2.45) is 0 Å². The zero-order chi connectivity index (χ0) is 13.0. The average molecular weight is 261 g/mol. The van der Waals surface area contributed by atoms with E-state index in [-0.39, 0.29) is 5.91 Å². The molecule has 1 aliphatic carbocycles. The van der Waals surface area contributed by atoms with Crippen LogP contribution in [0.3, 0.4) is 0 Å². The maximum absolute atomic E-state index is 11.9. The highest BCUT2D eigenvalue weighted by molar-refractivity contribution is 6.33. The number of allylic oxidation sites excluding steroid dienone is 6. The van der Waals surface area contributed by atoms with Gasteiger partial charge in [-0.1, -0.05) is 48.0 Å². The number of benzene rings is 1. The number of hydrogen-bond acceptors (Lipinski definition) is 2. The molecule has 4 heteroatoms. The maximum atomic E-state index is 11.9. The molecule has 18 heavy (non-hydrogen) atoms. The molecule has 1 aromatic carbocycles. The van der Waals surface area contributed by atoms with E-state index >= 15 is 0 Å². The Morgan fingerprint density at radius 3 is 2.44 bits per heavy atom. The number of rotatable bonds is 3. The van der Waals surface area contributed by atoms with Crippen LogP contribution in [0.4, 0.5) is 0 Å². The van der Waals surface area contributed by atoms with E-state index in [1.165, 1.54) is 0 Å². The molecule has 0 atom stereocenters. The van der Waals surface area contributed by atoms with Gasteiger partial charge in [0.2, 0.25) is 0 Å². The van der Waals surface area contributed by atoms with E-state index in [1.807, 2.05) is 31.2 Å². The SMILES string of the molecule is CC(NNC(=O)c1ccccc1Cl)=C1C=CC=C1. The minimum Gasteiger partial charge on any atom is -0.302 e. The molecule has 92 valence electrons. The molecule has 0 fully saturated rings. The van der Waals surface area contributed by atoms with Gasteiger partial charge in [0, 0.05) is 5.70 Å². The van der Waals surface area contributed by atoms with Crippen molar-refractivity contribution >= 4 is 17.5 Å². The second-order valence-corrected chi connectivity index (χ2v) is 4.26. The molecular weight excluding hydrogens is 248 g/mol. The highest BCUT2D eigenvalue weighted by Gasteiger charge is 2.09. The van der Waals surface area contributed by atoms with Crippen molar-refractivity contribution in [3.8, 4) is 0 Å². The monoisotopic (exact) mass is 260 g/mol. The zero-order valence-corrected chi connectivity index (χ0v) is 10.7. The standard InChI is InChI=1S/C14H13ClN2O/c1-10(11-6-2-3-7-11)16-17-14(18)12-8-4-5-9-13(12)15/h2-9,16H,1H3,(H,17,18). The summed E-state index contributed by atoms with van der Waals surface area (Å²) in [5, 5.41) is 0.433. The van der Waals surface area contributed by atoms with E-state index in [1.54, 1.807) is 24.3 Å². The number of amides is 1. The summed E-state index contributed by atoms with van der Waals surface area (Å²) in [5.74, 6) is -0.258. The molecule has 1 aromatic rings. The van der Waals surface area contributed by atoms with Crippen LogP contribution < -0.4 is 10.9 Å². The summed E-state index contributed by atoms with van der Waals surface area (Å²) in [6, 6.07) is 6.92. The van der Waals surface area contributed by atoms with Gasteiger partial charge in [0.05, 0.1) is 10.6 Å². The molecule has 1 amide bonds. The molecule has 1 aliphatic rings. The molecule has 2 N–H and O–H groups in total. The van der Waals surface area contributed by atoms with Crippen molar-refractivity contribution in [3.63, 3.8) is 0 Å². The molecule has 0 spiro atoms. The topological polar surface area (TPSA) is 41.1 Å². The lowest BCUT2D eigenvalue weighted by molar-refractivity contribution is 0.0939. The van der Waals surface area contributed by atoms with E-state index in [2.05, 4.69) is 10.9 Å². The van der Waals surface area contributed by atoms with Crippen LogP contribution >= 0.6 is 11.6 Å². The van der Waals surface area contributed by atoms with Gasteiger partial charge in [-0.05, 0) is 24.6 Å². The molecule has 0 saturated carbocycles. The van der Waals surface area contributed by atoms with Crippen LogP contribution in [-0.2, 0) is 0 Å². The summed E-state index contributed by atoms with van der Waals surface area (Å²) in [6.07, 6.45) is 7.81. The van der Waals surface area contributed by atoms with Crippen LogP contribution in [-0.4, -0.2) is 5.91 Å². The van der Waals surface area contributed by atoms with Crippen molar-refractivity contribution in [1.82, 2.24) is 10.9 Å². The fraction of sp³-hybridized carbons (Fsp3) is 0.0714. The Labute approximate surface area is 111 Å². The molecule has 0 bridgehead atoms. The summed E-state index contributed by atoms with van der Waals surface area (Å²) in [4.78, 5) is 11.9. The van der Waals surface area contributed by atoms with Gasteiger partial charge in [0.25, 0.3) is 5.91 Å². The van der Waals surface area contributed by atoms with Gasteiger partial charge >= 0.3 is 0 Å². The first-order valence-electron chi connectivity index (χ1n) is 5.55. The third-order valence-electron chi connectivity index (χ3n) is 2.58. The van der Waals surface area contributed by atoms with Crippen LogP contribution in [0.15, 0.2) is 59.8 Å². The van der Waals surface area contributed by atoms with E-state index in [9.17, 15) is 4.79 Å². The van der Waals surface area contributed by atoms with Crippen molar-refractivity contribution in [2.75, 3.05) is 0 Å².